The number of halogens is 5. The number of pyridine rings is 1. The molecule has 1 aromatic carbocycles. The van der Waals surface area contributed by atoms with Crippen molar-refractivity contribution in [2.75, 3.05) is 5.43 Å². The molecule has 1 aromatic heterocycles. The summed E-state index contributed by atoms with van der Waals surface area (Å²) in [6.45, 7) is -0.509. The van der Waals surface area contributed by atoms with E-state index in [1.54, 1.807) is 0 Å². The summed E-state index contributed by atoms with van der Waals surface area (Å²) >= 11 is 5.81. The minimum atomic E-state index is -1.64. The topological polar surface area (TPSA) is 60.2 Å². The van der Waals surface area contributed by atoms with E-state index in [2.05, 4.69) is 10.4 Å². The quantitative estimate of drug-likeness (QED) is 0.393. The zero-order chi connectivity index (χ0) is 15.6. The summed E-state index contributed by atoms with van der Waals surface area (Å²) in [5, 5.41) is 0.131. The number of aromatic nitrogens is 1. The van der Waals surface area contributed by atoms with Gasteiger partial charge < -0.3 is 10.2 Å². The highest BCUT2D eigenvalue weighted by molar-refractivity contribution is 6.31. The van der Waals surface area contributed by atoms with Crippen LogP contribution in [0.25, 0.3) is 0 Å². The predicted octanol–water partition coefficient (Wildman–Crippen LogP) is 3.16. The number of benzene rings is 1. The van der Waals surface area contributed by atoms with Gasteiger partial charge in [-0.1, -0.05) is 11.6 Å². The number of hydrogen-bond donors (Lipinski definition) is 2. The number of rotatable bonds is 4. The van der Waals surface area contributed by atoms with E-state index < -0.39 is 35.6 Å². The van der Waals surface area contributed by atoms with Crippen LogP contribution in [0, 0.1) is 23.3 Å². The van der Waals surface area contributed by atoms with Crippen LogP contribution in [0.1, 0.15) is 5.69 Å². The highest BCUT2D eigenvalue weighted by atomic mass is 35.5. The molecule has 0 fully saturated rings. The molecule has 21 heavy (non-hydrogen) atoms. The van der Waals surface area contributed by atoms with Gasteiger partial charge in [0.15, 0.2) is 17.4 Å². The normalized spacial score (nSPS) is 10.6. The Hall–Kier alpha value is -2.06. The molecule has 0 aliphatic heterocycles. The molecule has 1 heterocycles. The number of hydrazine groups is 1. The molecule has 3 N–H and O–H groups in total. The lowest BCUT2D eigenvalue weighted by Gasteiger charge is -2.10. The van der Waals surface area contributed by atoms with Crippen molar-refractivity contribution in [1.29, 1.82) is 0 Å². The molecule has 0 atom stereocenters. The molecule has 2 aromatic rings. The average Bonchev–Trinajstić information content (AvgIpc) is 2.47. The second kappa shape index (κ2) is 6.15. The van der Waals surface area contributed by atoms with Gasteiger partial charge in [-0.3, -0.25) is 0 Å². The van der Waals surface area contributed by atoms with Gasteiger partial charge in [-0.25, -0.2) is 19.6 Å². The van der Waals surface area contributed by atoms with E-state index in [9.17, 15) is 17.6 Å². The minimum absolute atomic E-state index is 0.0792. The Labute approximate surface area is 121 Å². The van der Waals surface area contributed by atoms with Crippen LogP contribution in [-0.2, 0) is 6.61 Å². The van der Waals surface area contributed by atoms with Crippen LogP contribution in [0.2, 0.25) is 5.02 Å². The fraction of sp³-hybridized carbons (Fsp3) is 0.0833. The van der Waals surface area contributed by atoms with Gasteiger partial charge in [0.2, 0.25) is 11.6 Å². The number of nitrogens with zero attached hydrogens (tertiary/aromatic N) is 1. The molecule has 0 aliphatic carbocycles. The maximum absolute atomic E-state index is 13.4. The third-order valence-corrected chi connectivity index (χ3v) is 2.84. The predicted molar refractivity (Wildman–Crippen MR) is 67.7 cm³/mol. The van der Waals surface area contributed by atoms with Crippen molar-refractivity contribution >= 4 is 17.4 Å². The Bertz CT molecular complexity index is 658. The van der Waals surface area contributed by atoms with Gasteiger partial charge in [0.25, 0.3) is 0 Å². The Morgan fingerprint density at radius 1 is 1.14 bits per heavy atom. The summed E-state index contributed by atoms with van der Waals surface area (Å²) in [4.78, 5) is 3.88. The van der Waals surface area contributed by atoms with E-state index in [0.29, 0.717) is 0 Å². The molecule has 0 unspecified atom stereocenters. The van der Waals surface area contributed by atoms with Crippen molar-refractivity contribution in [1.82, 2.24) is 4.98 Å². The molecule has 112 valence electrons. The first-order valence-electron chi connectivity index (χ1n) is 5.52. The molecule has 0 radical (unpaired) electrons. The van der Waals surface area contributed by atoms with E-state index in [4.69, 9.17) is 22.2 Å². The monoisotopic (exact) mass is 321 g/mol. The molecule has 0 saturated heterocycles. The van der Waals surface area contributed by atoms with Gasteiger partial charge in [0, 0.05) is 6.07 Å². The molecule has 0 spiro atoms. The lowest BCUT2D eigenvalue weighted by atomic mass is 10.3. The second-order valence-electron chi connectivity index (χ2n) is 3.86. The van der Waals surface area contributed by atoms with Gasteiger partial charge in [0.1, 0.15) is 12.4 Å². The lowest BCUT2D eigenvalue weighted by Crippen LogP contribution is -2.11. The summed E-state index contributed by atoms with van der Waals surface area (Å²) in [7, 11) is 0. The molecule has 2 rings (SSSR count). The standard InChI is InChI=1S/C12H8ClF4N3O/c13-5-1-2-9(20-18)19-8(5)4-21-12-10(16)6(14)3-7(15)11(12)17/h1-3H,4,18H2,(H,19,20). The first-order valence-corrected chi connectivity index (χ1v) is 5.89. The fourth-order valence-corrected chi connectivity index (χ4v) is 1.64. The van der Waals surface area contributed by atoms with E-state index in [1.807, 2.05) is 0 Å². The van der Waals surface area contributed by atoms with Gasteiger partial charge in [-0.2, -0.15) is 8.78 Å². The molecular weight excluding hydrogens is 314 g/mol. The number of hydrogen-bond acceptors (Lipinski definition) is 4. The minimum Gasteiger partial charge on any atom is -0.481 e. The van der Waals surface area contributed by atoms with Crippen molar-refractivity contribution in [2.24, 2.45) is 5.84 Å². The molecule has 0 amide bonds. The SMILES string of the molecule is NNc1ccc(Cl)c(COc2c(F)c(F)cc(F)c2F)n1. The molecule has 0 bridgehead atoms. The first-order chi connectivity index (χ1) is 9.93. The summed E-state index contributed by atoms with van der Waals surface area (Å²) in [6, 6.07) is 2.96. The smallest absolute Gasteiger partial charge is 0.203 e. The van der Waals surface area contributed by atoms with E-state index in [-0.39, 0.29) is 22.6 Å². The maximum atomic E-state index is 13.4. The number of nitrogens with two attached hydrogens (primary N) is 1. The first kappa shape index (κ1) is 15.3. The Morgan fingerprint density at radius 2 is 1.76 bits per heavy atom. The third-order valence-electron chi connectivity index (χ3n) is 2.49. The van der Waals surface area contributed by atoms with Crippen molar-refractivity contribution in [3.63, 3.8) is 0 Å². The van der Waals surface area contributed by atoms with E-state index >= 15 is 0 Å². The van der Waals surface area contributed by atoms with Gasteiger partial charge >= 0.3 is 0 Å². The molecule has 0 aliphatic rings. The zero-order valence-electron chi connectivity index (χ0n) is 10.3. The van der Waals surface area contributed by atoms with Crippen molar-refractivity contribution in [3.05, 3.63) is 52.2 Å². The Morgan fingerprint density at radius 3 is 2.33 bits per heavy atom. The van der Waals surface area contributed by atoms with Crippen LogP contribution in [-0.4, -0.2) is 4.98 Å². The van der Waals surface area contributed by atoms with Crippen LogP contribution in [0.5, 0.6) is 5.75 Å². The van der Waals surface area contributed by atoms with Crippen molar-refractivity contribution < 1.29 is 22.3 Å². The van der Waals surface area contributed by atoms with E-state index in [1.165, 1.54) is 12.1 Å². The summed E-state index contributed by atoms with van der Waals surface area (Å²) in [5.74, 6) is -2.23. The number of ether oxygens (including phenoxy) is 1. The van der Waals surface area contributed by atoms with Gasteiger partial charge in [-0.05, 0) is 12.1 Å². The molecule has 4 nitrogen and oxygen atoms in total. The largest absolute Gasteiger partial charge is 0.481 e. The summed E-state index contributed by atoms with van der Waals surface area (Å²) < 4.78 is 57.6. The van der Waals surface area contributed by atoms with Crippen LogP contribution in [0.3, 0.4) is 0 Å². The van der Waals surface area contributed by atoms with Crippen LogP contribution < -0.4 is 16.0 Å². The van der Waals surface area contributed by atoms with Gasteiger partial charge in [0.05, 0.1) is 10.7 Å². The molecular formula is C12H8ClF4N3O. The summed E-state index contributed by atoms with van der Waals surface area (Å²) in [5.41, 5.74) is 2.32. The van der Waals surface area contributed by atoms with Crippen LogP contribution in [0.15, 0.2) is 18.2 Å². The lowest BCUT2D eigenvalue weighted by molar-refractivity contribution is 0.258. The van der Waals surface area contributed by atoms with Crippen molar-refractivity contribution in [2.45, 2.75) is 6.61 Å². The van der Waals surface area contributed by atoms with Crippen LogP contribution in [0.4, 0.5) is 23.4 Å². The average molecular weight is 322 g/mol. The number of nitrogens with one attached hydrogen (secondary N) is 1. The zero-order valence-corrected chi connectivity index (χ0v) is 11.0. The van der Waals surface area contributed by atoms with Crippen LogP contribution >= 0.6 is 11.6 Å². The second-order valence-corrected chi connectivity index (χ2v) is 4.26. The number of nitrogen functional groups attached to an aromatic ring is 1. The van der Waals surface area contributed by atoms with Gasteiger partial charge in [-0.15, -0.1) is 0 Å². The molecule has 0 saturated carbocycles. The highest BCUT2D eigenvalue weighted by Crippen LogP contribution is 2.28. The van der Waals surface area contributed by atoms with E-state index in [0.717, 1.165) is 0 Å². The summed E-state index contributed by atoms with van der Waals surface area (Å²) in [6.07, 6.45) is 0. The van der Waals surface area contributed by atoms with Crippen molar-refractivity contribution in [3.8, 4) is 5.75 Å². The Balaban J connectivity index is 2.28. The third kappa shape index (κ3) is 3.17. The molecule has 9 heteroatoms. The fourth-order valence-electron chi connectivity index (χ4n) is 1.48. The highest BCUT2D eigenvalue weighted by Gasteiger charge is 2.21. The Kier molecular flexibility index (Phi) is 4.49. The maximum Gasteiger partial charge on any atom is 0.203 e. The number of anilines is 1.